The second-order valence-electron chi connectivity index (χ2n) is 13.9. The van der Waals surface area contributed by atoms with Crippen LogP contribution in [-0.2, 0) is 19.9 Å². The number of aliphatic imine (C=N–C) groups is 1. The zero-order chi connectivity index (χ0) is 35.4. The Hall–Kier alpha value is -5.95. The standard InChI is InChI=1S/C44H42N4O3/c1-43(2,3)51-41(49)31-47-39(34-21-11-5-12-22-34)29-38(33-19-9-4-10-20-33)44(42(47)50,35-23-13-6-14-24-35)45-40-30-46(36-25-15-7-16-26-36)32-48(40)37-27-17-8-18-28-37/h4-29,38H,30-32H2,1-3H3/t38-,44+/m0/s1. The number of anilines is 2. The topological polar surface area (TPSA) is 65.5 Å². The fourth-order valence-corrected chi connectivity index (χ4v) is 7.02. The fraction of sp³-hybridized carbons (Fsp3) is 0.205. The molecular formula is C44H42N4O3. The first kappa shape index (κ1) is 33.5. The van der Waals surface area contributed by atoms with E-state index >= 15 is 4.79 Å². The van der Waals surface area contributed by atoms with E-state index in [2.05, 4.69) is 52.3 Å². The van der Waals surface area contributed by atoms with Gasteiger partial charge in [-0.2, -0.15) is 0 Å². The van der Waals surface area contributed by atoms with Crippen LogP contribution in [0.25, 0.3) is 5.70 Å². The first-order valence-electron chi connectivity index (χ1n) is 17.4. The molecule has 0 saturated carbocycles. The molecule has 0 unspecified atom stereocenters. The van der Waals surface area contributed by atoms with Gasteiger partial charge in [-0.1, -0.05) is 127 Å². The molecule has 51 heavy (non-hydrogen) atoms. The van der Waals surface area contributed by atoms with E-state index in [9.17, 15) is 4.79 Å². The summed E-state index contributed by atoms with van der Waals surface area (Å²) in [5, 5.41) is 0. The average Bonchev–Trinajstić information content (AvgIpc) is 3.58. The number of esters is 1. The summed E-state index contributed by atoms with van der Waals surface area (Å²) in [5.41, 5.74) is 2.98. The van der Waals surface area contributed by atoms with Gasteiger partial charge in [-0.05, 0) is 67.8 Å². The first-order valence-corrected chi connectivity index (χ1v) is 17.4. The van der Waals surface area contributed by atoms with Gasteiger partial charge in [0, 0.05) is 23.0 Å². The van der Waals surface area contributed by atoms with Crippen molar-refractivity contribution in [3.8, 4) is 0 Å². The molecule has 7 nitrogen and oxygen atoms in total. The Morgan fingerprint density at radius 2 is 1.27 bits per heavy atom. The number of hydrogen-bond acceptors (Lipinski definition) is 5. The van der Waals surface area contributed by atoms with Gasteiger partial charge in [0.1, 0.15) is 18.0 Å². The summed E-state index contributed by atoms with van der Waals surface area (Å²) in [6, 6.07) is 50.0. The highest BCUT2D eigenvalue weighted by Gasteiger charge is 2.54. The number of hydrogen-bond donors (Lipinski definition) is 0. The molecule has 1 saturated heterocycles. The third-order valence-electron chi connectivity index (χ3n) is 9.24. The SMILES string of the molecule is CC(C)(C)OC(=O)CN1C(=O)[C@@](N=C2CN(c3ccccc3)CN2c2ccccc2)(c2ccccc2)[C@H](c2ccccc2)C=C1c1ccccc1. The van der Waals surface area contributed by atoms with E-state index < -0.39 is 23.0 Å². The van der Waals surface area contributed by atoms with Crippen LogP contribution in [0.1, 0.15) is 43.4 Å². The molecule has 2 aliphatic rings. The highest BCUT2D eigenvalue weighted by molar-refractivity contribution is 6.08. The van der Waals surface area contributed by atoms with Crippen LogP contribution in [0.5, 0.6) is 0 Å². The minimum Gasteiger partial charge on any atom is -0.459 e. The lowest BCUT2D eigenvalue weighted by molar-refractivity contribution is -0.158. The van der Waals surface area contributed by atoms with Gasteiger partial charge in [0.05, 0.1) is 13.2 Å². The van der Waals surface area contributed by atoms with Crippen molar-refractivity contribution in [3.05, 3.63) is 174 Å². The number of carbonyl (C=O) groups excluding carboxylic acids is 2. The predicted octanol–water partition coefficient (Wildman–Crippen LogP) is 8.27. The maximum atomic E-state index is 15.8. The Bertz CT molecular complexity index is 2030. The summed E-state index contributed by atoms with van der Waals surface area (Å²) in [4.78, 5) is 41.2. The Labute approximate surface area is 300 Å². The number of rotatable bonds is 8. The molecule has 1 fully saturated rings. The summed E-state index contributed by atoms with van der Waals surface area (Å²) in [6.07, 6.45) is 2.12. The maximum Gasteiger partial charge on any atom is 0.326 e. The minimum atomic E-state index is -1.47. The number of amides is 1. The molecule has 2 heterocycles. The lowest BCUT2D eigenvalue weighted by Gasteiger charge is -2.45. The average molecular weight is 675 g/mol. The van der Waals surface area contributed by atoms with Crippen molar-refractivity contribution in [2.24, 2.45) is 4.99 Å². The van der Waals surface area contributed by atoms with Crippen molar-refractivity contribution in [1.29, 1.82) is 0 Å². The third kappa shape index (κ3) is 6.93. The van der Waals surface area contributed by atoms with Gasteiger partial charge in [0.25, 0.3) is 5.91 Å². The van der Waals surface area contributed by atoms with E-state index in [0.717, 1.165) is 33.9 Å². The predicted molar refractivity (Wildman–Crippen MR) is 204 cm³/mol. The number of carbonyl (C=O) groups is 2. The molecule has 256 valence electrons. The van der Waals surface area contributed by atoms with Gasteiger partial charge in [-0.15, -0.1) is 0 Å². The first-order chi connectivity index (χ1) is 24.7. The zero-order valence-electron chi connectivity index (χ0n) is 29.2. The van der Waals surface area contributed by atoms with Crippen molar-refractivity contribution in [2.75, 3.05) is 29.6 Å². The fourth-order valence-electron chi connectivity index (χ4n) is 7.02. The van der Waals surface area contributed by atoms with Crippen LogP contribution in [0.4, 0.5) is 11.4 Å². The van der Waals surface area contributed by atoms with Gasteiger partial charge in [0.2, 0.25) is 0 Å². The van der Waals surface area contributed by atoms with Crippen LogP contribution in [0.2, 0.25) is 0 Å². The lowest BCUT2D eigenvalue weighted by Crippen LogP contribution is -2.54. The zero-order valence-corrected chi connectivity index (χ0v) is 29.2. The number of para-hydroxylation sites is 2. The molecular weight excluding hydrogens is 633 g/mol. The van der Waals surface area contributed by atoms with Gasteiger partial charge in [-0.25, -0.2) is 4.99 Å². The van der Waals surface area contributed by atoms with Gasteiger partial charge < -0.3 is 14.5 Å². The normalized spacial score (nSPS) is 20.0. The van der Waals surface area contributed by atoms with E-state index in [0.29, 0.717) is 18.9 Å². The lowest BCUT2D eigenvalue weighted by atomic mass is 9.70. The number of nitrogens with zero attached hydrogens (tertiary/aromatic N) is 4. The van der Waals surface area contributed by atoms with Crippen molar-refractivity contribution in [3.63, 3.8) is 0 Å². The molecule has 0 spiro atoms. The molecule has 0 aromatic heterocycles. The second kappa shape index (κ2) is 14.1. The molecule has 0 N–H and O–H groups in total. The monoisotopic (exact) mass is 674 g/mol. The van der Waals surface area contributed by atoms with E-state index in [1.807, 2.05) is 136 Å². The molecule has 0 radical (unpaired) electrons. The second-order valence-corrected chi connectivity index (χ2v) is 13.9. The summed E-state index contributed by atoms with van der Waals surface area (Å²) in [5.74, 6) is -0.563. The van der Waals surface area contributed by atoms with Crippen LogP contribution in [0, 0.1) is 0 Å². The van der Waals surface area contributed by atoms with Gasteiger partial charge in [-0.3, -0.25) is 14.5 Å². The van der Waals surface area contributed by atoms with Gasteiger partial charge in [0.15, 0.2) is 5.54 Å². The highest BCUT2D eigenvalue weighted by Crippen LogP contribution is 2.49. The minimum absolute atomic E-state index is 0.268. The Balaban J connectivity index is 1.49. The molecule has 5 aromatic carbocycles. The Morgan fingerprint density at radius 1 is 0.745 bits per heavy atom. The van der Waals surface area contributed by atoms with Crippen molar-refractivity contribution in [1.82, 2.24) is 4.90 Å². The summed E-state index contributed by atoms with van der Waals surface area (Å²) in [7, 11) is 0. The third-order valence-corrected chi connectivity index (χ3v) is 9.24. The van der Waals surface area contributed by atoms with E-state index in [1.54, 1.807) is 4.90 Å². The van der Waals surface area contributed by atoms with Crippen LogP contribution in [-0.4, -0.2) is 48.0 Å². The summed E-state index contributed by atoms with van der Waals surface area (Å²) < 4.78 is 5.82. The van der Waals surface area contributed by atoms with E-state index in [4.69, 9.17) is 9.73 Å². The number of ether oxygens (including phenoxy) is 1. The highest BCUT2D eigenvalue weighted by atomic mass is 16.6. The summed E-state index contributed by atoms with van der Waals surface area (Å²) >= 11 is 0. The molecule has 0 aliphatic carbocycles. The molecule has 1 amide bonds. The molecule has 7 rings (SSSR count). The largest absolute Gasteiger partial charge is 0.459 e. The van der Waals surface area contributed by atoms with E-state index in [-0.39, 0.29) is 12.5 Å². The Morgan fingerprint density at radius 3 is 1.86 bits per heavy atom. The molecule has 2 atom stereocenters. The smallest absolute Gasteiger partial charge is 0.326 e. The van der Waals surface area contributed by atoms with Crippen LogP contribution < -0.4 is 9.80 Å². The van der Waals surface area contributed by atoms with Crippen molar-refractivity contribution >= 4 is 34.8 Å². The Kier molecular flexibility index (Phi) is 9.28. The number of amidine groups is 1. The van der Waals surface area contributed by atoms with Crippen LogP contribution in [0.15, 0.2) is 163 Å². The van der Waals surface area contributed by atoms with Crippen molar-refractivity contribution < 1.29 is 14.3 Å². The molecule has 7 heteroatoms. The molecule has 5 aromatic rings. The van der Waals surface area contributed by atoms with E-state index in [1.165, 1.54) is 0 Å². The van der Waals surface area contributed by atoms with Crippen LogP contribution in [0.3, 0.4) is 0 Å². The van der Waals surface area contributed by atoms with Crippen molar-refractivity contribution in [2.45, 2.75) is 37.8 Å². The summed E-state index contributed by atoms with van der Waals surface area (Å²) in [6.45, 7) is 6.26. The number of benzene rings is 5. The van der Waals surface area contributed by atoms with Crippen LogP contribution >= 0.6 is 0 Å². The maximum absolute atomic E-state index is 15.8. The molecule has 2 aliphatic heterocycles. The molecule has 0 bridgehead atoms. The van der Waals surface area contributed by atoms with Gasteiger partial charge >= 0.3 is 5.97 Å². The quantitative estimate of drug-likeness (QED) is 0.155.